The lowest BCUT2D eigenvalue weighted by Crippen LogP contribution is -2.40. The first-order valence-corrected chi connectivity index (χ1v) is 9.12. The zero-order chi connectivity index (χ0) is 15.7. The van der Waals surface area contributed by atoms with Crippen LogP contribution in [0, 0.1) is 0 Å². The third-order valence-electron chi connectivity index (χ3n) is 4.52. The lowest BCUT2D eigenvalue weighted by Gasteiger charge is -2.24. The van der Waals surface area contributed by atoms with E-state index >= 15 is 0 Å². The molecule has 0 aromatic heterocycles. The predicted octanol–water partition coefficient (Wildman–Crippen LogP) is 0.150. The molecule has 22 heavy (non-hydrogen) atoms. The minimum absolute atomic E-state index is 0.0218. The van der Waals surface area contributed by atoms with Gasteiger partial charge in [-0.3, -0.25) is 9.69 Å². The van der Waals surface area contributed by atoms with Crippen LogP contribution in [0.25, 0.3) is 0 Å². The SMILES string of the molecule is NS(=O)(=O)C1CC(=O)N(C2CCN(Cc3ccccc3)C2)C1. The van der Waals surface area contributed by atoms with Crippen molar-refractivity contribution in [1.82, 2.24) is 9.80 Å². The maximum Gasteiger partial charge on any atom is 0.224 e. The van der Waals surface area contributed by atoms with Gasteiger partial charge in [0.1, 0.15) is 5.25 Å². The molecule has 2 aliphatic rings. The van der Waals surface area contributed by atoms with Gasteiger partial charge in [0.25, 0.3) is 0 Å². The summed E-state index contributed by atoms with van der Waals surface area (Å²) in [6.07, 6.45) is 0.907. The van der Waals surface area contributed by atoms with Gasteiger partial charge in [0.2, 0.25) is 15.9 Å². The molecule has 2 N–H and O–H groups in total. The second-order valence-electron chi connectivity index (χ2n) is 6.12. The Balaban J connectivity index is 1.60. The van der Waals surface area contributed by atoms with E-state index in [1.807, 2.05) is 18.2 Å². The van der Waals surface area contributed by atoms with E-state index in [2.05, 4.69) is 17.0 Å². The minimum atomic E-state index is -3.64. The van der Waals surface area contributed by atoms with Crippen LogP contribution in [0.15, 0.2) is 30.3 Å². The van der Waals surface area contributed by atoms with Crippen molar-refractivity contribution >= 4 is 15.9 Å². The molecule has 2 unspecified atom stereocenters. The predicted molar refractivity (Wildman–Crippen MR) is 83.3 cm³/mol. The summed E-state index contributed by atoms with van der Waals surface area (Å²) >= 11 is 0. The highest BCUT2D eigenvalue weighted by molar-refractivity contribution is 7.89. The molecule has 2 fully saturated rings. The number of rotatable bonds is 4. The van der Waals surface area contributed by atoms with Crippen LogP contribution in [0.3, 0.4) is 0 Å². The van der Waals surface area contributed by atoms with Crippen molar-refractivity contribution in [3.05, 3.63) is 35.9 Å². The zero-order valence-electron chi connectivity index (χ0n) is 12.4. The van der Waals surface area contributed by atoms with E-state index in [4.69, 9.17) is 5.14 Å². The molecule has 7 heteroatoms. The number of nitrogens with zero attached hydrogens (tertiary/aromatic N) is 2. The van der Waals surface area contributed by atoms with Gasteiger partial charge in [-0.15, -0.1) is 0 Å². The van der Waals surface area contributed by atoms with Crippen LogP contribution in [0.1, 0.15) is 18.4 Å². The fraction of sp³-hybridized carbons (Fsp3) is 0.533. The summed E-state index contributed by atoms with van der Waals surface area (Å²) in [6.45, 7) is 2.81. The average Bonchev–Trinajstić information content (AvgIpc) is 3.06. The first-order chi connectivity index (χ1) is 10.4. The maximum atomic E-state index is 12.1. The van der Waals surface area contributed by atoms with Crippen LogP contribution >= 0.6 is 0 Å². The van der Waals surface area contributed by atoms with Gasteiger partial charge >= 0.3 is 0 Å². The zero-order valence-corrected chi connectivity index (χ0v) is 13.2. The number of benzene rings is 1. The number of nitrogens with two attached hydrogens (primary N) is 1. The summed E-state index contributed by atoms with van der Waals surface area (Å²) < 4.78 is 22.9. The fourth-order valence-electron chi connectivity index (χ4n) is 3.32. The third kappa shape index (κ3) is 3.31. The number of sulfonamides is 1. The molecular weight excluding hydrogens is 302 g/mol. The summed E-state index contributed by atoms with van der Waals surface area (Å²) in [7, 11) is -3.64. The van der Waals surface area contributed by atoms with Crippen LogP contribution in [0.2, 0.25) is 0 Å². The second-order valence-corrected chi connectivity index (χ2v) is 7.97. The van der Waals surface area contributed by atoms with Crippen LogP contribution < -0.4 is 5.14 Å². The number of hydrogen-bond acceptors (Lipinski definition) is 4. The van der Waals surface area contributed by atoms with Crippen molar-refractivity contribution in [3.8, 4) is 0 Å². The van der Waals surface area contributed by atoms with Gasteiger partial charge in [-0.05, 0) is 12.0 Å². The Hall–Kier alpha value is -1.44. The molecule has 2 aliphatic heterocycles. The number of carbonyl (C=O) groups excluding carboxylic acids is 1. The summed E-state index contributed by atoms with van der Waals surface area (Å²) in [6, 6.07) is 10.3. The molecule has 2 atom stereocenters. The smallest absolute Gasteiger partial charge is 0.224 e. The van der Waals surface area contributed by atoms with Crippen LogP contribution in [-0.2, 0) is 21.4 Å². The number of carbonyl (C=O) groups is 1. The van der Waals surface area contributed by atoms with Crippen molar-refractivity contribution in [2.75, 3.05) is 19.6 Å². The van der Waals surface area contributed by atoms with Crippen LogP contribution in [-0.4, -0.2) is 55.1 Å². The number of primary sulfonamides is 1. The van der Waals surface area contributed by atoms with Crippen molar-refractivity contribution in [3.63, 3.8) is 0 Å². The standard InChI is InChI=1S/C15H21N3O3S/c16-22(20,21)14-8-15(19)18(11-14)13-6-7-17(10-13)9-12-4-2-1-3-5-12/h1-5,13-14H,6-11H2,(H2,16,20,21). The van der Waals surface area contributed by atoms with E-state index in [1.54, 1.807) is 4.90 Å². The molecule has 0 spiro atoms. The van der Waals surface area contributed by atoms with E-state index in [0.717, 1.165) is 26.1 Å². The van der Waals surface area contributed by atoms with Crippen LogP contribution in [0.5, 0.6) is 0 Å². The lowest BCUT2D eigenvalue weighted by molar-refractivity contribution is -0.129. The number of amides is 1. The third-order valence-corrected chi connectivity index (χ3v) is 5.77. The molecular formula is C15H21N3O3S. The van der Waals surface area contributed by atoms with E-state index in [0.29, 0.717) is 0 Å². The summed E-state index contributed by atoms with van der Waals surface area (Å²) in [4.78, 5) is 16.1. The molecule has 2 heterocycles. The molecule has 0 bridgehead atoms. The maximum absolute atomic E-state index is 12.1. The quantitative estimate of drug-likeness (QED) is 0.855. The van der Waals surface area contributed by atoms with E-state index in [-0.39, 0.29) is 24.9 Å². The van der Waals surface area contributed by atoms with Gasteiger partial charge in [-0.2, -0.15) is 0 Å². The Kier molecular flexibility index (Phi) is 4.20. The van der Waals surface area contributed by atoms with Crippen molar-refractivity contribution in [1.29, 1.82) is 0 Å². The monoisotopic (exact) mass is 323 g/mol. The largest absolute Gasteiger partial charge is 0.337 e. The molecule has 120 valence electrons. The van der Waals surface area contributed by atoms with Gasteiger partial charge in [-0.25, -0.2) is 13.6 Å². The molecule has 0 saturated carbocycles. The molecule has 0 radical (unpaired) electrons. The number of likely N-dealkylation sites (tertiary alicyclic amines) is 2. The number of hydrogen-bond donors (Lipinski definition) is 1. The van der Waals surface area contributed by atoms with Crippen molar-refractivity contribution in [2.45, 2.75) is 30.7 Å². The highest BCUT2D eigenvalue weighted by atomic mass is 32.2. The normalized spacial score (nSPS) is 26.8. The first-order valence-electron chi connectivity index (χ1n) is 7.51. The lowest BCUT2D eigenvalue weighted by atomic mass is 10.2. The average molecular weight is 323 g/mol. The topological polar surface area (TPSA) is 83.7 Å². The van der Waals surface area contributed by atoms with Gasteiger partial charge in [0.05, 0.1) is 0 Å². The van der Waals surface area contributed by atoms with Crippen molar-refractivity contribution in [2.24, 2.45) is 5.14 Å². The Morgan fingerprint density at radius 2 is 1.91 bits per heavy atom. The van der Waals surface area contributed by atoms with Gasteiger partial charge in [0, 0.05) is 38.6 Å². The molecule has 3 rings (SSSR count). The molecule has 1 amide bonds. The second kappa shape index (κ2) is 5.98. The molecule has 1 aromatic carbocycles. The van der Waals surface area contributed by atoms with Gasteiger partial charge in [-0.1, -0.05) is 30.3 Å². The first kappa shape index (κ1) is 15.5. The van der Waals surface area contributed by atoms with E-state index in [1.165, 1.54) is 5.56 Å². The summed E-state index contributed by atoms with van der Waals surface area (Å²) in [5, 5.41) is 4.43. The Labute approximate surface area is 130 Å². The van der Waals surface area contributed by atoms with Gasteiger partial charge in [0.15, 0.2) is 0 Å². The van der Waals surface area contributed by atoms with E-state index < -0.39 is 15.3 Å². The summed E-state index contributed by atoms with van der Waals surface area (Å²) in [5.74, 6) is -0.0920. The van der Waals surface area contributed by atoms with Crippen LogP contribution in [0.4, 0.5) is 0 Å². The van der Waals surface area contributed by atoms with Crippen molar-refractivity contribution < 1.29 is 13.2 Å². The van der Waals surface area contributed by atoms with Gasteiger partial charge < -0.3 is 4.90 Å². The van der Waals surface area contributed by atoms with E-state index in [9.17, 15) is 13.2 Å². The minimum Gasteiger partial charge on any atom is -0.337 e. The molecule has 0 aliphatic carbocycles. The summed E-state index contributed by atoms with van der Waals surface area (Å²) in [5.41, 5.74) is 1.25. The Morgan fingerprint density at radius 3 is 2.55 bits per heavy atom. The highest BCUT2D eigenvalue weighted by Crippen LogP contribution is 2.25. The fourth-order valence-corrected chi connectivity index (χ4v) is 4.07. The molecule has 6 nitrogen and oxygen atoms in total. The Morgan fingerprint density at radius 1 is 1.18 bits per heavy atom. The Bertz CT molecular complexity index is 647. The highest BCUT2D eigenvalue weighted by Gasteiger charge is 2.41. The molecule has 1 aromatic rings. The molecule has 2 saturated heterocycles.